The number of hydrogen-bond acceptors (Lipinski definition) is 5. The number of methoxy groups -OCH3 is 1. The van der Waals surface area contributed by atoms with Gasteiger partial charge in [0.1, 0.15) is 11.4 Å². The van der Waals surface area contributed by atoms with Gasteiger partial charge in [-0.1, -0.05) is 11.6 Å². The molecule has 0 aliphatic carbocycles. The summed E-state index contributed by atoms with van der Waals surface area (Å²) in [5.74, 6) is 0.788. The van der Waals surface area contributed by atoms with Crippen LogP contribution in [0.15, 0.2) is 23.6 Å². The lowest BCUT2D eigenvalue weighted by Gasteiger charge is -2.32. The van der Waals surface area contributed by atoms with Gasteiger partial charge < -0.3 is 15.0 Å². The highest BCUT2D eigenvalue weighted by atomic mass is 35.5. The summed E-state index contributed by atoms with van der Waals surface area (Å²) in [4.78, 5) is 31.1. The van der Waals surface area contributed by atoms with Gasteiger partial charge in [-0.3, -0.25) is 9.59 Å². The largest absolute Gasteiger partial charge is 0.495 e. The highest BCUT2D eigenvalue weighted by Gasteiger charge is 2.26. The summed E-state index contributed by atoms with van der Waals surface area (Å²) in [7, 11) is 1.55. The van der Waals surface area contributed by atoms with Crippen molar-refractivity contribution in [1.29, 1.82) is 0 Å². The minimum atomic E-state index is -0.0841. The third-order valence-corrected chi connectivity index (χ3v) is 5.87. The molecule has 0 unspecified atom stereocenters. The molecule has 150 valence electrons. The van der Waals surface area contributed by atoms with Crippen LogP contribution in [0.5, 0.6) is 5.75 Å². The normalized spacial score (nSPS) is 16.7. The number of halogens is 1. The number of likely N-dealkylation sites (tertiary alicyclic amines) is 1. The lowest BCUT2D eigenvalue weighted by Crippen LogP contribution is -2.40. The standard InChI is InChI=1S/C20H24ClN3O3S/c1-13-22-17(12-28-13)20(26)24-9-3-4-14(11-24)5-8-19(25)23-16-10-15(21)6-7-18(16)27-2/h6-7,10,12,14H,3-5,8-9,11H2,1-2H3,(H,23,25)/t14-/m0/s1. The number of rotatable bonds is 6. The number of benzene rings is 1. The van der Waals surface area contributed by atoms with E-state index in [4.69, 9.17) is 16.3 Å². The Labute approximate surface area is 173 Å². The highest BCUT2D eigenvalue weighted by Crippen LogP contribution is 2.28. The maximum Gasteiger partial charge on any atom is 0.273 e. The molecule has 0 saturated carbocycles. The summed E-state index contributed by atoms with van der Waals surface area (Å²) in [5.41, 5.74) is 1.09. The van der Waals surface area contributed by atoms with Crippen LogP contribution in [0.3, 0.4) is 0 Å². The second kappa shape index (κ2) is 9.39. The van der Waals surface area contributed by atoms with E-state index in [1.165, 1.54) is 11.3 Å². The number of nitrogens with zero attached hydrogens (tertiary/aromatic N) is 2. The molecule has 1 aliphatic rings. The van der Waals surface area contributed by atoms with E-state index in [0.717, 1.165) is 30.8 Å². The van der Waals surface area contributed by atoms with Crippen LogP contribution in [0.2, 0.25) is 5.02 Å². The quantitative estimate of drug-likeness (QED) is 0.751. The van der Waals surface area contributed by atoms with Crippen molar-refractivity contribution in [2.45, 2.75) is 32.6 Å². The Morgan fingerprint density at radius 2 is 2.25 bits per heavy atom. The van der Waals surface area contributed by atoms with Crippen LogP contribution in [0.4, 0.5) is 5.69 Å². The van der Waals surface area contributed by atoms with Crippen molar-refractivity contribution in [3.8, 4) is 5.75 Å². The lowest BCUT2D eigenvalue weighted by molar-refractivity contribution is -0.116. The van der Waals surface area contributed by atoms with Crippen molar-refractivity contribution < 1.29 is 14.3 Å². The molecule has 1 saturated heterocycles. The van der Waals surface area contributed by atoms with Gasteiger partial charge in [0.05, 0.1) is 17.8 Å². The number of aromatic nitrogens is 1. The fraction of sp³-hybridized carbons (Fsp3) is 0.450. The van der Waals surface area contributed by atoms with E-state index >= 15 is 0 Å². The lowest BCUT2D eigenvalue weighted by atomic mass is 9.93. The zero-order valence-electron chi connectivity index (χ0n) is 16.0. The molecule has 6 nitrogen and oxygen atoms in total. The number of aryl methyl sites for hydroxylation is 1. The molecular weight excluding hydrogens is 398 g/mol. The summed E-state index contributed by atoms with van der Waals surface area (Å²) < 4.78 is 5.26. The Morgan fingerprint density at radius 1 is 1.43 bits per heavy atom. The molecule has 0 bridgehead atoms. The molecule has 1 aromatic carbocycles. The van der Waals surface area contributed by atoms with Crippen molar-refractivity contribution in [3.63, 3.8) is 0 Å². The van der Waals surface area contributed by atoms with Gasteiger partial charge in [0.2, 0.25) is 5.91 Å². The number of carbonyl (C=O) groups excluding carboxylic acids is 2. The SMILES string of the molecule is COc1ccc(Cl)cc1NC(=O)CC[C@@H]1CCCN(C(=O)c2csc(C)n2)C1. The zero-order chi connectivity index (χ0) is 20.1. The summed E-state index contributed by atoms with van der Waals surface area (Å²) in [6, 6.07) is 5.12. The first-order chi connectivity index (χ1) is 13.5. The van der Waals surface area contributed by atoms with Crippen LogP contribution in [0.1, 0.15) is 41.2 Å². The average Bonchev–Trinajstić information content (AvgIpc) is 3.12. The molecule has 2 heterocycles. The summed E-state index contributed by atoms with van der Waals surface area (Å²) in [6.45, 7) is 3.31. The third kappa shape index (κ3) is 5.23. The van der Waals surface area contributed by atoms with E-state index < -0.39 is 0 Å². The van der Waals surface area contributed by atoms with Crippen LogP contribution in [-0.4, -0.2) is 41.9 Å². The van der Waals surface area contributed by atoms with Gasteiger partial charge >= 0.3 is 0 Å². The second-order valence-electron chi connectivity index (χ2n) is 6.94. The van der Waals surface area contributed by atoms with Gasteiger partial charge in [-0.2, -0.15) is 0 Å². The van der Waals surface area contributed by atoms with Crippen molar-refractivity contribution in [3.05, 3.63) is 39.3 Å². The van der Waals surface area contributed by atoms with Crippen molar-refractivity contribution >= 4 is 40.4 Å². The van der Waals surface area contributed by atoms with Gasteiger partial charge in [0.25, 0.3) is 5.91 Å². The van der Waals surface area contributed by atoms with E-state index in [0.29, 0.717) is 41.0 Å². The Bertz CT molecular complexity index is 855. The van der Waals surface area contributed by atoms with E-state index in [-0.39, 0.29) is 11.8 Å². The first kappa shape index (κ1) is 20.6. The van der Waals surface area contributed by atoms with Gasteiger partial charge in [0.15, 0.2) is 0 Å². The van der Waals surface area contributed by atoms with Gasteiger partial charge in [-0.15, -0.1) is 11.3 Å². The van der Waals surface area contributed by atoms with E-state index in [9.17, 15) is 9.59 Å². The van der Waals surface area contributed by atoms with E-state index in [1.54, 1.807) is 25.3 Å². The predicted molar refractivity (Wildman–Crippen MR) is 111 cm³/mol. The van der Waals surface area contributed by atoms with Crippen LogP contribution in [-0.2, 0) is 4.79 Å². The molecule has 0 radical (unpaired) electrons. The molecule has 3 rings (SSSR count). The molecule has 28 heavy (non-hydrogen) atoms. The third-order valence-electron chi connectivity index (χ3n) is 4.86. The Hall–Kier alpha value is -2.12. The van der Waals surface area contributed by atoms with Crippen molar-refractivity contribution in [2.24, 2.45) is 5.92 Å². The average molecular weight is 422 g/mol. The first-order valence-electron chi connectivity index (χ1n) is 9.31. The van der Waals surface area contributed by atoms with Gasteiger partial charge in [0, 0.05) is 29.9 Å². The Kier molecular flexibility index (Phi) is 6.91. The fourth-order valence-corrected chi connectivity index (χ4v) is 4.19. The van der Waals surface area contributed by atoms with Crippen molar-refractivity contribution in [2.75, 3.05) is 25.5 Å². The smallest absolute Gasteiger partial charge is 0.273 e. The molecule has 2 amide bonds. The van der Waals surface area contributed by atoms with Crippen LogP contribution in [0.25, 0.3) is 0 Å². The number of piperidine rings is 1. The fourth-order valence-electron chi connectivity index (χ4n) is 3.43. The molecule has 1 N–H and O–H groups in total. The Balaban J connectivity index is 1.52. The second-order valence-corrected chi connectivity index (χ2v) is 8.44. The number of anilines is 1. The number of thiazole rings is 1. The van der Waals surface area contributed by atoms with Gasteiger partial charge in [-0.25, -0.2) is 4.98 Å². The molecule has 1 atom stereocenters. The summed E-state index contributed by atoms with van der Waals surface area (Å²) in [6.07, 6.45) is 3.09. The number of amides is 2. The molecule has 1 aliphatic heterocycles. The number of nitrogens with one attached hydrogen (secondary N) is 1. The molecule has 0 spiro atoms. The summed E-state index contributed by atoms with van der Waals surface area (Å²) >= 11 is 7.49. The molecule has 2 aromatic rings. The number of ether oxygens (including phenoxy) is 1. The molecule has 1 fully saturated rings. The molecule has 1 aromatic heterocycles. The number of carbonyl (C=O) groups is 2. The van der Waals surface area contributed by atoms with Crippen molar-refractivity contribution in [1.82, 2.24) is 9.88 Å². The monoisotopic (exact) mass is 421 g/mol. The van der Waals surface area contributed by atoms with Crippen LogP contribution >= 0.6 is 22.9 Å². The maximum absolute atomic E-state index is 12.6. The molecular formula is C20H24ClN3O3S. The van der Waals surface area contributed by atoms with E-state index in [2.05, 4.69) is 10.3 Å². The zero-order valence-corrected chi connectivity index (χ0v) is 17.6. The number of hydrogen-bond donors (Lipinski definition) is 1. The molecule has 8 heteroatoms. The van der Waals surface area contributed by atoms with Crippen LogP contribution < -0.4 is 10.1 Å². The predicted octanol–water partition coefficient (Wildman–Crippen LogP) is 4.38. The maximum atomic E-state index is 12.6. The summed E-state index contributed by atoms with van der Waals surface area (Å²) in [5, 5.41) is 6.11. The topological polar surface area (TPSA) is 71.5 Å². The first-order valence-corrected chi connectivity index (χ1v) is 10.6. The minimum absolute atomic E-state index is 0.0119. The van der Waals surface area contributed by atoms with Gasteiger partial charge in [-0.05, 0) is 50.3 Å². The van der Waals surface area contributed by atoms with Crippen LogP contribution in [0, 0.1) is 12.8 Å². The highest BCUT2D eigenvalue weighted by molar-refractivity contribution is 7.09. The minimum Gasteiger partial charge on any atom is -0.495 e. The Morgan fingerprint density at radius 3 is 2.96 bits per heavy atom. The van der Waals surface area contributed by atoms with E-state index in [1.807, 2.05) is 17.2 Å².